The molecule has 0 bridgehead atoms. The second-order valence-electron chi connectivity index (χ2n) is 6.24. The molecule has 0 radical (unpaired) electrons. The van der Waals surface area contributed by atoms with Crippen molar-refractivity contribution in [3.63, 3.8) is 0 Å². The molecule has 1 aromatic carbocycles. The largest absolute Gasteiger partial charge is 0.494 e. The molecule has 1 saturated heterocycles. The molecule has 1 fully saturated rings. The number of nitrogens with zero attached hydrogens (tertiary/aromatic N) is 2. The van der Waals surface area contributed by atoms with Crippen molar-refractivity contribution in [1.82, 2.24) is 9.88 Å². The van der Waals surface area contributed by atoms with E-state index in [2.05, 4.69) is 4.98 Å². The third-order valence-corrected chi connectivity index (χ3v) is 5.65. The maximum atomic E-state index is 12.9. The Bertz CT molecular complexity index is 800. The first-order valence-electron chi connectivity index (χ1n) is 8.75. The van der Waals surface area contributed by atoms with Gasteiger partial charge in [-0.1, -0.05) is 0 Å². The van der Waals surface area contributed by atoms with Crippen molar-refractivity contribution in [1.29, 1.82) is 0 Å². The van der Waals surface area contributed by atoms with E-state index in [1.165, 1.54) is 16.2 Å². The Kier molecular flexibility index (Phi) is 5.56. The van der Waals surface area contributed by atoms with E-state index in [-0.39, 0.29) is 5.91 Å². The van der Waals surface area contributed by atoms with Crippen LogP contribution in [0, 0.1) is 6.92 Å². The highest BCUT2D eigenvalue weighted by molar-refractivity contribution is 7.17. The van der Waals surface area contributed by atoms with Crippen molar-refractivity contribution < 1.29 is 19.4 Å². The normalized spacial score (nSPS) is 17.2. The summed E-state index contributed by atoms with van der Waals surface area (Å²) in [7, 11) is 0. The van der Waals surface area contributed by atoms with Gasteiger partial charge in [0.25, 0.3) is 5.91 Å². The Balaban J connectivity index is 1.85. The van der Waals surface area contributed by atoms with Crippen molar-refractivity contribution in [2.45, 2.75) is 39.2 Å². The zero-order valence-corrected chi connectivity index (χ0v) is 15.7. The number of thiazole rings is 1. The minimum absolute atomic E-state index is 0.232. The average molecular weight is 374 g/mol. The first-order valence-corrected chi connectivity index (χ1v) is 9.57. The van der Waals surface area contributed by atoms with E-state index < -0.39 is 12.0 Å². The molecule has 1 unspecified atom stereocenters. The van der Waals surface area contributed by atoms with Crippen LogP contribution in [-0.2, 0) is 4.79 Å². The van der Waals surface area contributed by atoms with Crippen LogP contribution < -0.4 is 4.74 Å². The van der Waals surface area contributed by atoms with Crippen LogP contribution in [-0.4, -0.2) is 46.1 Å². The molecule has 2 heterocycles. The monoisotopic (exact) mass is 374 g/mol. The molecule has 7 heteroatoms. The van der Waals surface area contributed by atoms with Gasteiger partial charge in [-0.25, -0.2) is 9.78 Å². The molecule has 1 aliphatic rings. The number of hydrogen-bond donors (Lipinski definition) is 1. The number of amides is 1. The lowest BCUT2D eigenvalue weighted by molar-refractivity contribution is -0.143. The molecule has 1 aromatic heterocycles. The fraction of sp³-hybridized carbons (Fsp3) is 0.421. The van der Waals surface area contributed by atoms with Crippen LogP contribution in [0.3, 0.4) is 0 Å². The van der Waals surface area contributed by atoms with E-state index >= 15 is 0 Å². The number of benzene rings is 1. The SMILES string of the molecule is CCOc1ccc(-c2nc(C)c(C(=O)N3CCCCC3C(=O)O)s2)cc1. The molecule has 26 heavy (non-hydrogen) atoms. The van der Waals surface area contributed by atoms with Gasteiger partial charge in [0.1, 0.15) is 21.7 Å². The smallest absolute Gasteiger partial charge is 0.326 e. The second-order valence-corrected chi connectivity index (χ2v) is 7.24. The third kappa shape index (κ3) is 3.72. The number of carboxylic acid groups (broad SMARTS) is 1. The van der Waals surface area contributed by atoms with Crippen molar-refractivity contribution in [2.75, 3.05) is 13.2 Å². The van der Waals surface area contributed by atoms with E-state index in [0.717, 1.165) is 29.2 Å². The molecule has 6 nitrogen and oxygen atoms in total. The van der Waals surface area contributed by atoms with Gasteiger partial charge >= 0.3 is 5.97 Å². The van der Waals surface area contributed by atoms with Gasteiger partial charge in [-0.2, -0.15) is 0 Å². The summed E-state index contributed by atoms with van der Waals surface area (Å²) >= 11 is 1.31. The summed E-state index contributed by atoms with van der Waals surface area (Å²) in [5.74, 6) is -0.380. The second kappa shape index (κ2) is 7.86. The molecule has 1 amide bonds. The van der Waals surface area contributed by atoms with E-state index in [1.807, 2.05) is 31.2 Å². The van der Waals surface area contributed by atoms with E-state index in [9.17, 15) is 14.7 Å². The molecule has 138 valence electrons. The molecule has 1 atom stereocenters. The fourth-order valence-electron chi connectivity index (χ4n) is 3.14. The van der Waals surface area contributed by atoms with Crippen LogP contribution in [0.1, 0.15) is 41.6 Å². The summed E-state index contributed by atoms with van der Waals surface area (Å²) in [4.78, 5) is 30.9. The summed E-state index contributed by atoms with van der Waals surface area (Å²) in [6.45, 7) is 4.81. The predicted molar refractivity (Wildman–Crippen MR) is 99.8 cm³/mol. The van der Waals surface area contributed by atoms with Gasteiger partial charge in [0, 0.05) is 12.1 Å². The lowest BCUT2D eigenvalue weighted by Gasteiger charge is -2.32. The van der Waals surface area contributed by atoms with Gasteiger partial charge in [0.15, 0.2) is 0 Å². The first kappa shape index (κ1) is 18.4. The zero-order chi connectivity index (χ0) is 18.7. The van der Waals surface area contributed by atoms with Gasteiger partial charge in [-0.15, -0.1) is 11.3 Å². The number of ether oxygens (including phenoxy) is 1. The topological polar surface area (TPSA) is 79.7 Å². The number of carboxylic acids is 1. The number of aromatic nitrogens is 1. The quantitative estimate of drug-likeness (QED) is 0.865. The highest BCUT2D eigenvalue weighted by Crippen LogP contribution is 2.31. The Morgan fingerprint density at radius 2 is 2.04 bits per heavy atom. The number of aliphatic carboxylic acids is 1. The standard InChI is InChI=1S/C19H22N2O4S/c1-3-25-14-9-7-13(8-10-14)17-20-12(2)16(26-17)18(22)21-11-5-4-6-15(21)19(23)24/h7-10,15H,3-6,11H2,1-2H3,(H,23,24). The number of hydrogen-bond acceptors (Lipinski definition) is 5. The van der Waals surface area contributed by atoms with Gasteiger partial charge in [0.2, 0.25) is 0 Å². The van der Waals surface area contributed by atoms with Crippen molar-refractivity contribution >= 4 is 23.2 Å². The van der Waals surface area contributed by atoms with Crippen LogP contribution >= 0.6 is 11.3 Å². The fourth-order valence-corrected chi connectivity index (χ4v) is 4.17. The number of rotatable bonds is 5. The minimum atomic E-state index is -0.938. The van der Waals surface area contributed by atoms with Crippen LogP contribution in [0.25, 0.3) is 10.6 Å². The zero-order valence-electron chi connectivity index (χ0n) is 14.9. The van der Waals surface area contributed by atoms with Gasteiger partial charge in [0.05, 0.1) is 12.3 Å². The van der Waals surface area contributed by atoms with E-state index in [1.54, 1.807) is 6.92 Å². The Morgan fingerprint density at radius 3 is 2.69 bits per heavy atom. The van der Waals surface area contributed by atoms with Gasteiger partial charge in [-0.3, -0.25) is 4.79 Å². The van der Waals surface area contributed by atoms with E-state index in [4.69, 9.17) is 4.74 Å². The van der Waals surface area contributed by atoms with Crippen molar-refractivity contribution in [3.05, 3.63) is 34.8 Å². The summed E-state index contributed by atoms with van der Waals surface area (Å²) in [6.07, 6.45) is 2.17. The van der Waals surface area contributed by atoms with Crippen molar-refractivity contribution in [2.24, 2.45) is 0 Å². The lowest BCUT2D eigenvalue weighted by Crippen LogP contribution is -2.47. The molecule has 1 N–H and O–H groups in total. The maximum Gasteiger partial charge on any atom is 0.326 e. The van der Waals surface area contributed by atoms with Crippen LogP contribution in [0.5, 0.6) is 5.75 Å². The van der Waals surface area contributed by atoms with Gasteiger partial charge in [-0.05, 0) is 57.4 Å². The molecule has 0 spiro atoms. The molecular weight excluding hydrogens is 352 g/mol. The Labute approximate surface area is 156 Å². The average Bonchev–Trinajstić information content (AvgIpc) is 3.03. The Morgan fingerprint density at radius 1 is 1.31 bits per heavy atom. The molecule has 0 aliphatic carbocycles. The molecule has 0 saturated carbocycles. The first-order chi connectivity index (χ1) is 12.5. The van der Waals surface area contributed by atoms with Gasteiger partial charge < -0.3 is 14.7 Å². The number of carbonyl (C=O) groups excluding carboxylic acids is 1. The number of carbonyl (C=O) groups is 2. The van der Waals surface area contributed by atoms with Crippen LogP contribution in [0.2, 0.25) is 0 Å². The minimum Gasteiger partial charge on any atom is -0.494 e. The summed E-state index contributed by atoms with van der Waals surface area (Å²) in [6, 6.07) is 6.84. The lowest BCUT2D eigenvalue weighted by atomic mass is 10.0. The van der Waals surface area contributed by atoms with Crippen LogP contribution in [0.15, 0.2) is 24.3 Å². The summed E-state index contributed by atoms with van der Waals surface area (Å²) in [5, 5.41) is 10.2. The highest BCUT2D eigenvalue weighted by atomic mass is 32.1. The van der Waals surface area contributed by atoms with Crippen molar-refractivity contribution in [3.8, 4) is 16.3 Å². The predicted octanol–water partition coefficient (Wildman–Crippen LogP) is 3.60. The van der Waals surface area contributed by atoms with E-state index in [0.29, 0.717) is 30.1 Å². The molecule has 2 aromatic rings. The Hall–Kier alpha value is -2.41. The number of aryl methyl sites for hydroxylation is 1. The summed E-state index contributed by atoms with van der Waals surface area (Å²) < 4.78 is 5.44. The molecular formula is C19H22N2O4S. The number of piperidine rings is 1. The van der Waals surface area contributed by atoms with Crippen LogP contribution in [0.4, 0.5) is 0 Å². The maximum absolute atomic E-state index is 12.9. The summed E-state index contributed by atoms with van der Waals surface area (Å²) in [5.41, 5.74) is 1.55. The molecule has 3 rings (SSSR count). The number of likely N-dealkylation sites (tertiary alicyclic amines) is 1. The third-order valence-electron chi connectivity index (χ3n) is 4.45. The highest BCUT2D eigenvalue weighted by Gasteiger charge is 2.34. The molecule has 1 aliphatic heterocycles.